The summed E-state index contributed by atoms with van der Waals surface area (Å²) < 4.78 is 0. The highest BCUT2D eigenvalue weighted by Crippen LogP contribution is 2.25. The van der Waals surface area contributed by atoms with E-state index < -0.39 is 0 Å². The summed E-state index contributed by atoms with van der Waals surface area (Å²) in [5.41, 5.74) is 6.14. The molecule has 1 atom stereocenters. The molecule has 2 nitrogen and oxygen atoms in total. The second kappa shape index (κ2) is 7.60. The van der Waals surface area contributed by atoms with Gasteiger partial charge in [-0.2, -0.15) is 0 Å². The molecular weight excluding hydrogens is 300 g/mol. The topological polar surface area (TPSA) is 24.1 Å². The largest absolute Gasteiger partial charge is 0.355 e. The maximum absolute atomic E-state index is 5.51. The van der Waals surface area contributed by atoms with E-state index in [9.17, 15) is 0 Å². The molecule has 0 aromatic heterocycles. The fourth-order valence-corrected chi connectivity index (χ4v) is 2.97. The lowest BCUT2D eigenvalue weighted by Crippen LogP contribution is -2.35. The van der Waals surface area contributed by atoms with Crippen LogP contribution in [0.5, 0.6) is 0 Å². The lowest BCUT2D eigenvalue weighted by Gasteiger charge is -2.26. The maximum atomic E-state index is 5.51. The van der Waals surface area contributed by atoms with Gasteiger partial charge in [0.15, 0.2) is 5.11 Å². The first-order valence-electron chi connectivity index (χ1n) is 8.08. The molecule has 0 aliphatic heterocycles. The molecule has 0 fully saturated rings. The number of hydrogen-bond acceptors (Lipinski definition) is 1. The van der Waals surface area contributed by atoms with Gasteiger partial charge in [0.05, 0.1) is 6.04 Å². The second-order valence-electron chi connectivity index (χ2n) is 6.55. The van der Waals surface area contributed by atoms with Gasteiger partial charge >= 0.3 is 0 Å². The van der Waals surface area contributed by atoms with Crippen molar-refractivity contribution in [2.75, 3.05) is 5.32 Å². The van der Waals surface area contributed by atoms with Crippen molar-refractivity contribution in [2.24, 2.45) is 5.92 Å². The molecule has 2 aromatic rings. The molecule has 23 heavy (non-hydrogen) atoms. The van der Waals surface area contributed by atoms with Gasteiger partial charge in [-0.3, -0.25) is 0 Å². The Morgan fingerprint density at radius 2 is 1.52 bits per heavy atom. The zero-order valence-electron chi connectivity index (χ0n) is 14.6. The van der Waals surface area contributed by atoms with Gasteiger partial charge in [-0.25, -0.2) is 0 Å². The Hall–Kier alpha value is -1.87. The average molecular weight is 327 g/mol. The summed E-state index contributed by atoms with van der Waals surface area (Å²) >= 11 is 5.51. The minimum atomic E-state index is 0.195. The van der Waals surface area contributed by atoms with Crippen LogP contribution in [0.1, 0.15) is 42.1 Å². The van der Waals surface area contributed by atoms with E-state index in [0.29, 0.717) is 11.0 Å². The van der Waals surface area contributed by atoms with Gasteiger partial charge in [0.25, 0.3) is 0 Å². The predicted octanol–water partition coefficient (Wildman–Crippen LogP) is 5.30. The number of benzene rings is 2. The molecule has 2 N–H and O–H groups in total. The third-order valence-corrected chi connectivity index (χ3v) is 4.24. The molecule has 1 unspecified atom stereocenters. The molecule has 0 amide bonds. The van der Waals surface area contributed by atoms with Gasteiger partial charge < -0.3 is 10.6 Å². The number of nitrogens with one attached hydrogen (secondary N) is 2. The van der Waals surface area contributed by atoms with E-state index in [2.05, 4.69) is 75.6 Å². The van der Waals surface area contributed by atoms with Crippen LogP contribution < -0.4 is 10.6 Å². The van der Waals surface area contributed by atoms with Gasteiger partial charge in [-0.1, -0.05) is 55.3 Å². The number of thiocarbonyl (C=S) groups is 1. The van der Waals surface area contributed by atoms with Gasteiger partial charge in [0.2, 0.25) is 0 Å². The lowest BCUT2D eigenvalue weighted by atomic mass is 9.92. The van der Waals surface area contributed by atoms with Crippen LogP contribution in [0.25, 0.3) is 0 Å². The van der Waals surface area contributed by atoms with Crippen molar-refractivity contribution < 1.29 is 0 Å². The summed E-state index contributed by atoms with van der Waals surface area (Å²) in [7, 11) is 0. The molecule has 0 saturated heterocycles. The van der Waals surface area contributed by atoms with E-state index in [1.165, 1.54) is 22.3 Å². The van der Waals surface area contributed by atoms with Gasteiger partial charge in [0.1, 0.15) is 0 Å². The number of anilines is 1. The summed E-state index contributed by atoms with van der Waals surface area (Å²) in [6.45, 7) is 10.8. The minimum Gasteiger partial charge on any atom is -0.355 e. The highest BCUT2D eigenvalue weighted by molar-refractivity contribution is 7.80. The van der Waals surface area contributed by atoms with Crippen LogP contribution in [-0.2, 0) is 0 Å². The molecule has 0 aliphatic rings. The highest BCUT2D eigenvalue weighted by atomic mass is 32.1. The van der Waals surface area contributed by atoms with E-state index in [4.69, 9.17) is 12.2 Å². The van der Waals surface area contributed by atoms with Crippen molar-refractivity contribution >= 4 is 23.0 Å². The van der Waals surface area contributed by atoms with Crippen molar-refractivity contribution in [3.63, 3.8) is 0 Å². The predicted molar refractivity (Wildman–Crippen MR) is 104 cm³/mol. The molecular formula is C20H26N2S. The number of rotatable bonds is 4. The normalized spacial score (nSPS) is 12.1. The summed E-state index contributed by atoms with van der Waals surface area (Å²) in [5, 5.41) is 7.41. The van der Waals surface area contributed by atoms with E-state index in [1.807, 2.05) is 12.1 Å². The molecule has 3 heteroatoms. The third kappa shape index (κ3) is 4.80. The van der Waals surface area contributed by atoms with Crippen molar-refractivity contribution in [1.29, 1.82) is 0 Å². The first-order chi connectivity index (χ1) is 10.9. The van der Waals surface area contributed by atoms with Crippen LogP contribution in [0, 0.1) is 26.7 Å². The maximum Gasteiger partial charge on any atom is 0.171 e. The van der Waals surface area contributed by atoms with E-state index in [-0.39, 0.29) is 6.04 Å². The minimum absolute atomic E-state index is 0.195. The summed E-state index contributed by atoms with van der Waals surface area (Å²) in [5.74, 6) is 0.439. The van der Waals surface area contributed by atoms with E-state index in [1.54, 1.807) is 0 Å². The smallest absolute Gasteiger partial charge is 0.171 e. The highest BCUT2D eigenvalue weighted by Gasteiger charge is 2.18. The lowest BCUT2D eigenvalue weighted by molar-refractivity contribution is 0.471. The summed E-state index contributed by atoms with van der Waals surface area (Å²) in [6.07, 6.45) is 0. The standard InChI is InChI=1S/C20H26N2S/c1-13(2)19(18-11-8-15(4)12-16(18)5)22-20(23)21-17-9-6-14(3)7-10-17/h6-13,19H,1-5H3,(H2,21,22,23). The van der Waals surface area contributed by atoms with Crippen LogP contribution >= 0.6 is 12.2 Å². The molecule has 0 saturated carbocycles. The fraction of sp³-hybridized carbons (Fsp3) is 0.350. The third-order valence-electron chi connectivity index (χ3n) is 4.02. The first-order valence-corrected chi connectivity index (χ1v) is 8.49. The van der Waals surface area contributed by atoms with Crippen molar-refractivity contribution in [3.8, 4) is 0 Å². The van der Waals surface area contributed by atoms with Crippen molar-refractivity contribution in [1.82, 2.24) is 5.32 Å². The Labute approximate surface area is 145 Å². The zero-order valence-corrected chi connectivity index (χ0v) is 15.4. The molecule has 0 radical (unpaired) electrons. The van der Waals surface area contributed by atoms with Gasteiger partial charge in [-0.15, -0.1) is 0 Å². The molecule has 0 bridgehead atoms. The Morgan fingerprint density at radius 3 is 2.09 bits per heavy atom. The quantitative estimate of drug-likeness (QED) is 0.746. The number of hydrogen-bond donors (Lipinski definition) is 2. The average Bonchev–Trinajstić information content (AvgIpc) is 2.48. The van der Waals surface area contributed by atoms with Crippen molar-refractivity contribution in [2.45, 2.75) is 40.7 Å². The number of aryl methyl sites for hydroxylation is 3. The molecule has 2 aromatic carbocycles. The summed E-state index contributed by atoms with van der Waals surface area (Å²) in [6, 6.07) is 15.0. The van der Waals surface area contributed by atoms with Crippen LogP contribution in [0.3, 0.4) is 0 Å². The van der Waals surface area contributed by atoms with Crippen LogP contribution in [-0.4, -0.2) is 5.11 Å². The summed E-state index contributed by atoms with van der Waals surface area (Å²) in [4.78, 5) is 0. The van der Waals surface area contributed by atoms with E-state index >= 15 is 0 Å². The monoisotopic (exact) mass is 326 g/mol. The molecule has 2 rings (SSSR count). The Kier molecular flexibility index (Phi) is 5.78. The van der Waals surface area contributed by atoms with Crippen LogP contribution in [0.15, 0.2) is 42.5 Å². The molecule has 0 spiro atoms. The molecule has 122 valence electrons. The zero-order chi connectivity index (χ0) is 17.0. The SMILES string of the molecule is Cc1ccc(NC(=S)NC(c2ccc(C)cc2C)C(C)C)cc1. The molecule has 0 aliphatic carbocycles. The Bertz CT molecular complexity index is 675. The Balaban J connectivity index is 2.12. The van der Waals surface area contributed by atoms with Crippen LogP contribution in [0.4, 0.5) is 5.69 Å². The molecule has 0 heterocycles. The van der Waals surface area contributed by atoms with E-state index in [0.717, 1.165) is 5.69 Å². The fourth-order valence-electron chi connectivity index (χ4n) is 2.72. The van der Waals surface area contributed by atoms with Gasteiger partial charge in [0, 0.05) is 5.69 Å². The Morgan fingerprint density at radius 1 is 0.913 bits per heavy atom. The first kappa shape index (κ1) is 17.5. The van der Waals surface area contributed by atoms with Crippen LogP contribution in [0.2, 0.25) is 0 Å². The van der Waals surface area contributed by atoms with Gasteiger partial charge in [-0.05, 0) is 62.2 Å². The second-order valence-corrected chi connectivity index (χ2v) is 6.95. The van der Waals surface area contributed by atoms with Crippen molar-refractivity contribution in [3.05, 3.63) is 64.7 Å².